The average Bonchev–Trinajstić information content (AvgIpc) is 3.15. The molecule has 8 nitrogen and oxygen atoms in total. The van der Waals surface area contributed by atoms with E-state index in [9.17, 15) is 4.79 Å². The van der Waals surface area contributed by atoms with Crippen LogP contribution in [0.5, 0.6) is 0 Å². The Hall–Kier alpha value is -3.13. The lowest BCUT2D eigenvalue weighted by atomic mass is 10.2. The minimum absolute atomic E-state index is 0.323. The van der Waals surface area contributed by atoms with Gasteiger partial charge in [0.15, 0.2) is 5.82 Å². The van der Waals surface area contributed by atoms with E-state index in [2.05, 4.69) is 25.7 Å². The molecule has 134 valence electrons. The van der Waals surface area contributed by atoms with Crippen molar-refractivity contribution in [3.8, 4) is 5.82 Å². The number of pyridine rings is 1. The van der Waals surface area contributed by atoms with Gasteiger partial charge in [0, 0.05) is 31.9 Å². The van der Waals surface area contributed by atoms with Gasteiger partial charge in [0.2, 0.25) is 0 Å². The van der Waals surface area contributed by atoms with Gasteiger partial charge in [-0.25, -0.2) is 19.4 Å². The number of anilines is 2. The molecule has 0 fully saturated rings. The van der Waals surface area contributed by atoms with Gasteiger partial charge in [-0.3, -0.25) is 0 Å². The molecule has 2 aromatic heterocycles. The van der Waals surface area contributed by atoms with E-state index in [-0.39, 0.29) is 6.03 Å². The predicted octanol–water partition coefficient (Wildman–Crippen LogP) is 2.70. The van der Waals surface area contributed by atoms with Crippen molar-refractivity contribution in [3.63, 3.8) is 0 Å². The lowest BCUT2D eigenvalue weighted by Crippen LogP contribution is -2.29. The molecule has 9 heteroatoms. The van der Waals surface area contributed by atoms with Crippen LogP contribution >= 0.6 is 11.6 Å². The van der Waals surface area contributed by atoms with Crippen LogP contribution in [-0.4, -0.2) is 39.9 Å². The lowest BCUT2D eigenvalue weighted by molar-refractivity contribution is 0.251. The van der Waals surface area contributed by atoms with Gasteiger partial charge >= 0.3 is 6.03 Å². The highest BCUT2D eigenvalue weighted by atomic mass is 35.5. The largest absolute Gasteiger partial charge is 0.376 e. The fourth-order valence-corrected chi connectivity index (χ4v) is 2.50. The number of hydrogen-bond donors (Lipinski definition) is 2. The van der Waals surface area contributed by atoms with Crippen LogP contribution in [-0.2, 0) is 6.54 Å². The molecule has 0 aliphatic carbocycles. The van der Waals surface area contributed by atoms with Crippen LogP contribution in [0.15, 0.2) is 49.2 Å². The molecule has 2 N–H and O–H groups in total. The van der Waals surface area contributed by atoms with Crippen molar-refractivity contribution >= 4 is 29.0 Å². The van der Waals surface area contributed by atoms with Crippen molar-refractivity contribution < 1.29 is 4.79 Å². The summed E-state index contributed by atoms with van der Waals surface area (Å²) >= 11 is 6.02. The van der Waals surface area contributed by atoms with Gasteiger partial charge in [0.05, 0.1) is 11.4 Å². The van der Waals surface area contributed by atoms with Gasteiger partial charge in [-0.15, -0.1) is 0 Å². The molecule has 0 bridgehead atoms. The first-order valence-electron chi connectivity index (χ1n) is 7.84. The Morgan fingerprint density at radius 1 is 1.27 bits per heavy atom. The Morgan fingerprint density at radius 2 is 2.12 bits per heavy atom. The first kappa shape index (κ1) is 17.7. The van der Waals surface area contributed by atoms with Gasteiger partial charge in [-0.2, -0.15) is 5.10 Å². The van der Waals surface area contributed by atoms with Crippen LogP contribution in [0.25, 0.3) is 5.82 Å². The summed E-state index contributed by atoms with van der Waals surface area (Å²) in [5, 5.41) is 10.2. The summed E-state index contributed by atoms with van der Waals surface area (Å²) in [6.07, 6.45) is 4.70. The second kappa shape index (κ2) is 7.83. The summed E-state index contributed by atoms with van der Waals surface area (Å²) in [5.41, 5.74) is 2.37. The summed E-state index contributed by atoms with van der Waals surface area (Å²) in [6, 6.07) is 8.70. The monoisotopic (exact) mass is 371 g/mol. The average molecular weight is 372 g/mol. The predicted molar refractivity (Wildman–Crippen MR) is 101 cm³/mol. The molecular weight excluding hydrogens is 354 g/mol. The smallest absolute Gasteiger partial charge is 0.319 e. The van der Waals surface area contributed by atoms with Crippen molar-refractivity contribution in [2.75, 3.05) is 24.3 Å². The zero-order valence-electron chi connectivity index (χ0n) is 14.3. The van der Waals surface area contributed by atoms with Gasteiger partial charge in [-0.1, -0.05) is 17.7 Å². The molecule has 2 heterocycles. The van der Waals surface area contributed by atoms with E-state index in [1.165, 1.54) is 6.33 Å². The molecule has 2 amide bonds. The number of amides is 2. The van der Waals surface area contributed by atoms with Gasteiger partial charge in [0.25, 0.3) is 0 Å². The number of rotatable bonds is 5. The highest BCUT2D eigenvalue weighted by Gasteiger charge is 2.09. The zero-order valence-corrected chi connectivity index (χ0v) is 15.1. The molecule has 0 atom stereocenters. The van der Waals surface area contributed by atoms with Crippen LogP contribution in [0.4, 0.5) is 16.2 Å². The third-order valence-corrected chi connectivity index (χ3v) is 3.84. The van der Waals surface area contributed by atoms with Crippen LogP contribution in [0.1, 0.15) is 5.56 Å². The molecule has 26 heavy (non-hydrogen) atoms. The maximum absolute atomic E-state index is 12.2. The van der Waals surface area contributed by atoms with Crippen LogP contribution in [0.3, 0.4) is 0 Å². The molecule has 0 saturated carbocycles. The topological polar surface area (TPSA) is 88.0 Å². The Bertz CT molecular complexity index is 879. The second-order valence-electron chi connectivity index (χ2n) is 5.73. The Morgan fingerprint density at radius 3 is 2.77 bits per heavy atom. The van der Waals surface area contributed by atoms with Gasteiger partial charge < -0.3 is 15.5 Å². The molecule has 0 saturated heterocycles. The van der Waals surface area contributed by atoms with E-state index in [1.807, 2.05) is 37.2 Å². The minimum Gasteiger partial charge on any atom is -0.376 e. The third kappa shape index (κ3) is 4.28. The summed E-state index contributed by atoms with van der Waals surface area (Å²) in [4.78, 5) is 22.3. The van der Waals surface area contributed by atoms with Gasteiger partial charge in [-0.05, 0) is 29.8 Å². The Labute approximate surface area is 155 Å². The van der Waals surface area contributed by atoms with E-state index in [0.29, 0.717) is 23.1 Å². The van der Waals surface area contributed by atoms with E-state index in [4.69, 9.17) is 11.6 Å². The number of carbonyl (C=O) groups is 1. The molecule has 0 aliphatic rings. The van der Waals surface area contributed by atoms with Crippen LogP contribution in [0.2, 0.25) is 5.02 Å². The van der Waals surface area contributed by atoms with Gasteiger partial charge in [0.1, 0.15) is 12.7 Å². The number of nitrogens with one attached hydrogen (secondary N) is 2. The summed E-state index contributed by atoms with van der Waals surface area (Å²) < 4.78 is 1.56. The van der Waals surface area contributed by atoms with E-state index in [1.54, 1.807) is 29.3 Å². The Balaban J connectivity index is 1.60. The summed E-state index contributed by atoms with van der Waals surface area (Å²) in [7, 11) is 3.79. The second-order valence-corrected chi connectivity index (χ2v) is 6.16. The summed E-state index contributed by atoms with van der Waals surface area (Å²) in [6.45, 7) is 0.342. The number of nitrogens with zero attached hydrogens (tertiary/aromatic N) is 5. The Kier molecular flexibility index (Phi) is 5.33. The quantitative estimate of drug-likeness (QED) is 0.720. The number of hydrogen-bond acceptors (Lipinski definition) is 5. The molecule has 0 unspecified atom stereocenters. The molecule has 1 aromatic carbocycles. The highest BCUT2D eigenvalue weighted by Crippen LogP contribution is 2.27. The molecule has 3 rings (SSSR count). The summed E-state index contributed by atoms with van der Waals surface area (Å²) in [5.74, 6) is 0.658. The number of carbonyl (C=O) groups excluding carboxylic acids is 1. The molecule has 3 aromatic rings. The molecule has 0 spiro atoms. The van der Waals surface area contributed by atoms with Crippen molar-refractivity contribution in [3.05, 3.63) is 59.8 Å². The number of aromatic nitrogens is 4. The first-order valence-corrected chi connectivity index (χ1v) is 8.22. The van der Waals surface area contributed by atoms with Crippen molar-refractivity contribution in [2.45, 2.75) is 6.54 Å². The van der Waals surface area contributed by atoms with E-state index < -0.39 is 0 Å². The number of benzene rings is 1. The van der Waals surface area contributed by atoms with Crippen molar-refractivity contribution in [1.82, 2.24) is 25.1 Å². The van der Waals surface area contributed by atoms with Crippen LogP contribution < -0.4 is 15.5 Å². The number of halogens is 1. The van der Waals surface area contributed by atoms with Crippen LogP contribution in [0, 0.1) is 0 Å². The highest BCUT2D eigenvalue weighted by molar-refractivity contribution is 6.31. The maximum atomic E-state index is 12.2. The molecule has 0 radical (unpaired) electrons. The number of urea groups is 1. The zero-order chi connectivity index (χ0) is 18.5. The van der Waals surface area contributed by atoms with E-state index >= 15 is 0 Å². The van der Waals surface area contributed by atoms with Crippen molar-refractivity contribution in [2.24, 2.45) is 0 Å². The maximum Gasteiger partial charge on any atom is 0.319 e. The first-order chi connectivity index (χ1) is 12.5. The van der Waals surface area contributed by atoms with E-state index in [0.717, 1.165) is 11.3 Å². The molecule has 0 aliphatic heterocycles. The fraction of sp³-hybridized carbons (Fsp3) is 0.176. The SMILES string of the molecule is CN(C)c1ccc(Cl)cc1NC(=O)NCc1ccc(-n2cncn2)nc1. The molecular formula is C17H18ClN7O. The minimum atomic E-state index is -0.323. The third-order valence-electron chi connectivity index (χ3n) is 3.60. The standard InChI is InChI=1S/C17H18ClN7O/c1-24(2)15-5-4-13(18)7-14(15)23-17(26)21-9-12-3-6-16(20-8-12)25-11-19-10-22-25/h3-8,10-11H,9H2,1-2H3,(H2,21,23,26). The van der Waals surface area contributed by atoms with Crippen molar-refractivity contribution in [1.29, 1.82) is 0 Å². The lowest BCUT2D eigenvalue weighted by Gasteiger charge is -2.18. The normalized spacial score (nSPS) is 10.4. The fourth-order valence-electron chi connectivity index (χ4n) is 2.33.